The number of nitrogens with one attached hydrogen (secondary N) is 1. The third-order valence-corrected chi connectivity index (χ3v) is 2.86. The van der Waals surface area contributed by atoms with E-state index in [0.717, 1.165) is 19.5 Å². The molecule has 0 unspecified atom stereocenters. The first kappa shape index (κ1) is 13.3. The lowest BCUT2D eigenvalue weighted by Crippen LogP contribution is -2.17. The van der Waals surface area contributed by atoms with Gasteiger partial charge in [-0.05, 0) is 28.7 Å². The Morgan fingerprint density at radius 2 is 2.00 bits per heavy atom. The highest BCUT2D eigenvalue weighted by molar-refractivity contribution is 5.23. The average Bonchev–Trinajstić information content (AvgIpc) is 2.94. The van der Waals surface area contributed by atoms with Gasteiger partial charge >= 0.3 is 0 Å². The smallest absolute Gasteiger partial charge is 0.0844 e. The molecule has 0 aliphatic carbocycles. The van der Waals surface area contributed by atoms with Crippen LogP contribution in [-0.2, 0) is 13.0 Å². The molecule has 0 bridgehead atoms. The first-order valence-corrected chi connectivity index (χ1v) is 6.22. The van der Waals surface area contributed by atoms with Crippen molar-refractivity contribution in [2.45, 2.75) is 13.0 Å². The van der Waals surface area contributed by atoms with Crippen LogP contribution < -0.4 is 5.32 Å². The van der Waals surface area contributed by atoms with E-state index in [4.69, 9.17) is 5.53 Å². The molecule has 6 heteroatoms. The highest BCUT2D eigenvalue weighted by atomic mass is 15.1. The monoisotopic (exact) mass is 256 g/mol. The molecule has 1 aliphatic heterocycles. The van der Waals surface area contributed by atoms with Crippen molar-refractivity contribution in [2.75, 3.05) is 19.6 Å². The molecule has 2 rings (SSSR count). The van der Waals surface area contributed by atoms with Crippen molar-refractivity contribution in [1.29, 1.82) is 0 Å². The molecule has 1 aromatic rings. The molecule has 1 N–H and O–H groups in total. The number of nitrogens with zero attached hydrogens (tertiary/aromatic N) is 5. The van der Waals surface area contributed by atoms with Crippen LogP contribution in [0, 0.1) is 0 Å². The number of benzene rings is 1. The molecule has 0 radical (unpaired) electrons. The minimum absolute atomic E-state index is 0.509. The summed E-state index contributed by atoms with van der Waals surface area (Å²) >= 11 is 0. The van der Waals surface area contributed by atoms with E-state index < -0.39 is 0 Å². The molecular weight excluding hydrogens is 240 g/mol. The summed E-state index contributed by atoms with van der Waals surface area (Å²) in [5.74, 6) is 0. The standard InChI is InChI=1S/C13H16N6/c14-19-16-6-5-11-1-3-12(4-2-11)7-15-8-13-9-17-18-10-13/h1-4,9,15H,5-8,10H2. The highest BCUT2D eigenvalue weighted by Crippen LogP contribution is 2.07. The number of azide groups is 1. The van der Waals surface area contributed by atoms with E-state index in [0.29, 0.717) is 13.1 Å². The fourth-order valence-corrected chi connectivity index (χ4v) is 1.81. The van der Waals surface area contributed by atoms with Crippen LogP contribution >= 0.6 is 0 Å². The van der Waals surface area contributed by atoms with Gasteiger partial charge in [-0.3, -0.25) is 0 Å². The van der Waals surface area contributed by atoms with Gasteiger partial charge in [0.2, 0.25) is 0 Å². The van der Waals surface area contributed by atoms with Gasteiger partial charge in [0.1, 0.15) is 0 Å². The first-order valence-electron chi connectivity index (χ1n) is 6.22. The summed E-state index contributed by atoms with van der Waals surface area (Å²) in [6.45, 7) is 2.88. The van der Waals surface area contributed by atoms with Crippen molar-refractivity contribution < 1.29 is 0 Å². The van der Waals surface area contributed by atoms with Gasteiger partial charge in [0, 0.05) is 24.5 Å². The Labute approximate surface area is 111 Å². The van der Waals surface area contributed by atoms with E-state index >= 15 is 0 Å². The van der Waals surface area contributed by atoms with Crippen LogP contribution in [-0.4, -0.2) is 19.6 Å². The maximum atomic E-state index is 8.21. The van der Waals surface area contributed by atoms with Gasteiger partial charge in [-0.1, -0.05) is 29.4 Å². The Kier molecular flexibility index (Phi) is 5.10. The molecule has 6 nitrogen and oxygen atoms in total. The van der Waals surface area contributed by atoms with Crippen molar-refractivity contribution in [2.24, 2.45) is 15.3 Å². The largest absolute Gasteiger partial charge is 0.309 e. The summed E-state index contributed by atoms with van der Waals surface area (Å²) in [6.07, 6.45) is 2.60. The number of hydrogen-bond acceptors (Lipinski definition) is 4. The zero-order valence-electron chi connectivity index (χ0n) is 10.7. The Morgan fingerprint density at radius 3 is 2.68 bits per heavy atom. The van der Waals surface area contributed by atoms with Gasteiger partial charge in [-0.25, -0.2) is 0 Å². The Morgan fingerprint density at radius 1 is 1.21 bits per heavy atom. The van der Waals surface area contributed by atoms with Gasteiger partial charge in [0.15, 0.2) is 0 Å². The van der Waals surface area contributed by atoms with Crippen molar-refractivity contribution in [3.63, 3.8) is 0 Å². The van der Waals surface area contributed by atoms with E-state index in [-0.39, 0.29) is 0 Å². The summed E-state index contributed by atoms with van der Waals surface area (Å²) < 4.78 is 0. The lowest BCUT2D eigenvalue weighted by Gasteiger charge is -2.06. The van der Waals surface area contributed by atoms with Gasteiger partial charge in [0.05, 0.1) is 12.7 Å². The Hall–Kier alpha value is -2.17. The summed E-state index contributed by atoms with van der Waals surface area (Å²) in [6, 6.07) is 8.33. The van der Waals surface area contributed by atoms with Crippen molar-refractivity contribution in [1.82, 2.24) is 5.32 Å². The van der Waals surface area contributed by atoms with Crippen molar-refractivity contribution in [3.8, 4) is 0 Å². The van der Waals surface area contributed by atoms with Crippen LogP contribution in [0.5, 0.6) is 0 Å². The number of azo groups is 1. The molecule has 0 atom stereocenters. The van der Waals surface area contributed by atoms with E-state index in [1.807, 2.05) is 6.20 Å². The molecule has 0 spiro atoms. The third kappa shape index (κ3) is 4.54. The van der Waals surface area contributed by atoms with Crippen molar-refractivity contribution in [3.05, 3.63) is 57.6 Å². The quantitative estimate of drug-likeness (QED) is 0.454. The van der Waals surface area contributed by atoms with Gasteiger partial charge in [0.25, 0.3) is 0 Å². The summed E-state index contributed by atoms with van der Waals surface area (Å²) in [7, 11) is 0. The minimum Gasteiger partial charge on any atom is -0.309 e. The molecule has 0 saturated heterocycles. The fourth-order valence-electron chi connectivity index (χ4n) is 1.81. The van der Waals surface area contributed by atoms with E-state index in [2.05, 4.69) is 49.8 Å². The molecule has 98 valence electrons. The second-order valence-corrected chi connectivity index (χ2v) is 4.33. The lowest BCUT2D eigenvalue weighted by molar-refractivity contribution is 0.734. The molecular formula is C13H16N6. The topological polar surface area (TPSA) is 85.5 Å². The molecule has 1 aliphatic rings. The second-order valence-electron chi connectivity index (χ2n) is 4.33. The predicted octanol–water partition coefficient (Wildman–Crippen LogP) is 2.98. The Balaban J connectivity index is 1.73. The SMILES string of the molecule is [N-]=[N+]=NCCc1ccc(CNCC2=CN=NC2)cc1. The van der Waals surface area contributed by atoms with Crippen LogP contribution in [0.15, 0.2) is 51.4 Å². The van der Waals surface area contributed by atoms with E-state index in [1.54, 1.807) is 0 Å². The molecule has 1 aromatic carbocycles. The van der Waals surface area contributed by atoms with Crippen molar-refractivity contribution >= 4 is 0 Å². The maximum absolute atomic E-state index is 8.21. The number of hydrogen-bond donors (Lipinski definition) is 1. The van der Waals surface area contributed by atoms with E-state index in [1.165, 1.54) is 16.7 Å². The first-order chi connectivity index (χ1) is 9.38. The summed E-state index contributed by atoms with van der Waals surface area (Å²) in [5.41, 5.74) is 11.8. The molecule has 1 heterocycles. The Bertz CT molecular complexity index is 510. The van der Waals surface area contributed by atoms with Gasteiger partial charge in [-0.2, -0.15) is 10.2 Å². The normalized spacial score (nSPS) is 13.2. The van der Waals surface area contributed by atoms with Crippen LogP contribution in [0.1, 0.15) is 11.1 Å². The maximum Gasteiger partial charge on any atom is 0.0844 e. The zero-order valence-corrected chi connectivity index (χ0v) is 10.7. The number of rotatable bonds is 7. The highest BCUT2D eigenvalue weighted by Gasteiger charge is 2.01. The molecule has 0 aromatic heterocycles. The van der Waals surface area contributed by atoms with Gasteiger partial charge < -0.3 is 5.32 Å². The summed E-state index contributed by atoms with van der Waals surface area (Å²) in [5, 5.41) is 14.6. The molecule has 0 saturated carbocycles. The van der Waals surface area contributed by atoms with Crippen LogP contribution in [0.3, 0.4) is 0 Å². The molecule has 0 fully saturated rings. The van der Waals surface area contributed by atoms with E-state index in [9.17, 15) is 0 Å². The van der Waals surface area contributed by atoms with Crippen LogP contribution in [0.4, 0.5) is 0 Å². The summed E-state index contributed by atoms with van der Waals surface area (Å²) in [4.78, 5) is 2.74. The minimum atomic E-state index is 0.509. The van der Waals surface area contributed by atoms with Crippen LogP contribution in [0.2, 0.25) is 0 Å². The third-order valence-electron chi connectivity index (χ3n) is 2.86. The zero-order chi connectivity index (χ0) is 13.3. The average molecular weight is 256 g/mol. The van der Waals surface area contributed by atoms with Crippen LogP contribution in [0.25, 0.3) is 10.4 Å². The lowest BCUT2D eigenvalue weighted by atomic mass is 10.1. The fraction of sp³-hybridized carbons (Fsp3) is 0.385. The predicted molar refractivity (Wildman–Crippen MR) is 73.7 cm³/mol. The molecule has 0 amide bonds. The molecule has 19 heavy (non-hydrogen) atoms. The second kappa shape index (κ2) is 7.31. The van der Waals surface area contributed by atoms with Gasteiger partial charge in [-0.15, -0.1) is 0 Å².